The monoisotopic (exact) mass is 308 g/mol. The smallest absolute Gasteiger partial charge is 0.127 e. The van der Waals surface area contributed by atoms with Crippen LogP contribution in [0.4, 0.5) is 0 Å². The van der Waals surface area contributed by atoms with Crippen LogP contribution in [0.2, 0.25) is 5.02 Å². The van der Waals surface area contributed by atoms with Gasteiger partial charge in [0.15, 0.2) is 0 Å². The van der Waals surface area contributed by atoms with Crippen molar-refractivity contribution < 1.29 is 4.74 Å². The fourth-order valence-corrected chi connectivity index (χ4v) is 3.66. The van der Waals surface area contributed by atoms with Gasteiger partial charge in [-0.15, -0.1) is 0 Å². The lowest BCUT2D eigenvalue weighted by Crippen LogP contribution is -2.48. The molecule has 0 aromatic heterocycles. The van der Waals surface area contributed by atoms with Gasteiger partial charge in [0.25, 0.3) is 0 Å². The molecule has 0 aliphatic carbocycles. The van der Waals surface area contributed by atoms with E-state index in [9.17, 15) is 0 Å². The Kier molecular flexibility index (Phi) is 4.43. The lowest BCUT2D eigenvalue weighted by molar-refractivity contribution is 0.206. The second-order valence-electron chi connectivity index (χ2n) is 6.56. The van der Waals surface area contributed by atoms with Crippen molar-refractivity contribution in [3.05, 3.63) is 28.3 Å². The lowest BCUT2D eigenvalue weighted by atomic mass is 9.98. The van der Waals surface area contributed by atoms with E-state index in [1.807, 2.05) is 6.07 Å². The van der Waals surface area contributed by atoms with Gasteiger partial charge in [-0.3, -0.25) is 4.90 Å². The van der Waals surface area contributed by atoms with Crippen LogP contribution in [-0.4, -0.2) is 36.7 Å². The molecule has 0 amide bonds. The Morgan fingerprint density at radius 1 is 1.43 bits per heavy atom. The minimum atomic E-state index is 0.207. The number of nitrogens with one attached hydrogen (secondary N) is 1. The molecule has 0 radical (unpaired) electrons. The summed E-state index contributed by atoms with van der Waals surface area (Å²) in [7, 11) is 0. The molecule has 116 valence electrons. The molecule has 0 bridgehead atoms. The summed E-state index contributed by atoms with van der Waals surface area (Å²) in [6.45, 7) is 9.61. The van der Waals surface area contributed by atoms with Crippen LogP contribution in [-0.2, 0) is 13.0 Å². The van der Waals surface area contributed by atoms with Gasteiger partial charge in [0, 0.05) is 35.6 Å². The van der Waals surface area contributed by atoms with Crippen molar-refractivity contribution in [3.8, 4) is 5.75 Å². The molecule has 2 heterocycles. The number of rotatable bonds is 3. The summed E-state index contributed by atoms with van der Waals surface area (Å²) in [6, 6.07) is 4.13. The minimum absolute atomic E-state index is 0.207. The number of hydrogen-bond donors (Lipinski definition) is 1. The first-order valence-corrected chi connectivity index (χ1v) is 8.39. The van der Waals surface area contributed by atoms with E-state index < -0.39 is 0 Å². The van der Waals surface area contributed by atoms with Gasteiger partial charge in [0.2, 0.25) is 0 Å². The highest BCUT2D eigenvalue weighted by atomic mass is 35.5. The quantitative estimate of drug-likeness (QED) is 0.928. The molecule has 2 aliphatic heterocycles. The third-order valence-corrected chi connectivity index (χ3v) is 4.99. The van der Waals surface area contributed by atoms with E-state index >= 15 is 0 Å². The van der Waals surface area contributed by atoms with Crippen LogP contribution in [0, 0.1) is 0 Å². The number of ether oxygens (including phenoxy) is 1. The Morgan fingerprint density at radius 3 is 3.10 bits per heavy atom. The first kappa shape index (κ1) is 15.1. The number of halogens is 1. The summed E-state index contributed by atoms with van der Waals surface area (Å²) in [5.74, 6) is 1.08. The average molecular weight is 309 g/mol. The van der Waals surface area contributed by atoms with Gasteiger partial charge < -0.3 is 10.1 Å². The molecule has 1 N–H and O–H groups in total. The number of fused-ring (bicyclic) bond motifs is 1. The Labute approximate surface area is 132 Å². The van der Waals surface area contributed by atoms with Crippen LogP contribution in [0.3, 0.4) is 0 Å². The van der Waals surface area contributed by atoms with Gasteiger partial charge in [0.1, 0.15) is 5.75 Å². The summed E-state index contributed by atoms with van der Waals surface area (Å²) in [5, 5.41) is 4.52. The zero-order valence-electron chi connectivity index (χ0n) is 13.0. The number of nitrogens with zero attached hydrogens (tertiary/aromatic N) is 1. The summed E-state index contributed by atoms with van der Waals surface area (Å²) >= 11 is 6.28. The highest BCUT2D eigenvalue weighted by Gasteiger charge is 2.28. The van der Waals surface area contributed by atoms with Crippen LogP contribution in [0.15, 0.2) is 12.1 Å². The van der Waals surface area contributed by atoms with Gasteiger partial charge >= 0.3 is 0 Å². The maximum atomic E-state index is 6.28. The molecule has 0 spiro atoms. The summed E-state index contributed by atoms with van der Waals surface area (Å²) < 4.78 is 5.83. The van der Waals surface area contributed by atoms with E-state index in [1.165, 1.54) is 17.5 Å². The minimum Gasteiger partial charge on any atom is -0.493 e. The molecule has 1 fully saturated rings. The van der Waals surface area contributed by atoms with E-state index in [0.29, 0.717) is 0 Å². The first-order valence-electron chi connectivity index (χ1n) is 8.01. The molecule has 1 aromatic rings. The highest BCUT2D eigenvalue weighted by molar-refractivity contribution is 6.30. The fourth-order valence-electron chi connectivity index (χ4n) is 3.40. The molecule has 1 saturated heterocycles. The van der Waals surface area contributed by atoms with Crippen molar-refractivity contribution >= 4 is 11.6 Å². The summed E-state index contributed by atoms with van der Waals surface area (Å²) in [4.78, 5) is 2.54. The lowest BCUT2D eigenvalue weighted by Gasteiger charge is -2.33. The molecule has 3 rings (SSSR count). The van der Waals surface area contributed by atoms with Gasteiger partial charge in [0.05, 0.1) is 6.61 Å². The molecular weight excluding hydrogens is 284 g/mol. The topological polar surface area (TPSA) is 24.5 Å². The third kappa shape index (κ3) is 3.36. The number of benzene rings is 1. The van der Waals surface area contributed by atoms with Gasteiger partial charge in [-0.05, 0) is 50.6 Å². The fraction of sp³-hybridized carbons (Fsp3) is 0.647. The zero-order chi connectivity index (χ0) is 14.9. The van der Waals surface area contributed by atoms with Crippen molar-refractivity contribution in [2.75, 3.05) is 26.2 Å². The SMILES string of the molecule is CCC1(C)CN(Cc2cc(Cl)cc3c2OCC3)CCCN1. The molecule has 1 aromatic carbocycles. The maximum Gasteiger partial charge on any atom is 0.127 e. The van der Waals surface area contributed by atoms with E-state index in [4.69, 9.17) is 16.3 Å². The number of hydrogen-bond acceptors (Lipinski definition) is 3. The molecule has 3 nitrogen and oxygen atoms in total. The Balaban J connectivity index is 1.80. The van der Waals surface area contributed by atoms with E-state index in [1.54, 1.807) is 0 Å². The molecule has 2 aliphatic rings. The van der Waals surface area contributed by atoms with Gasteiger partial charge in [-0.2, -0.15) is 0 Å². The normalized spacial score (nSPS) is 26.2. The molecule has 0 saturated carbocycles. The van der Waals surface area contributed by atoms with Crippen LogP contribution < -0.4 is 10.1 Å². The largest absolute Gasteiger partial charge is 0.493 e. The zero-order valence-corrected chi connectivity index (χ0v) is 13.8. The highest BCUT2D eigenvalue weighted by Crippen LogP contribution is 2.34. The van der Waals surface area contributed by atoms with Crippen molar-refractivity contribution in [2.45, 2.75) is 45.2 Å². The Morgan fingerprint density at radius 2 is 2.29 bits per heavy atom. The predicted molar refractivity (Wildman–Crippen MR) is 87.2 cm³/mol. The molecule has 1 atom stereocenters. The average Bonchev–Trinajstić information content (AvgIpc) is 2.83. The predicted octanol–water partition coefficient (Wildman–Crippen LogP) is 3.24. The first-order chi connectivity index (χ1) is 10.1. The molecular formula is C17H25ClN2O. The van der Waals surface area contributed by atoms with Crippen LogP contribution in [0.1, 0.15) is 37.8 Å². The van der Waals surface area contributed by atoms with Gasteiger partial charge in [-0.1, -0.05) is 18.5 Å². The van der Waals surface area contributed by atoms with Gasteiger partial charge in [-0.25, -0.2) is 0 Å². The summed E-state index contributed by atoms with van der Waals surface area (Å²) in [6.07, 6.45) is 3.32. The van der Waals surface area contributed by atoms with Crippen LogP contribution in [0.25, 0.3) is 0 Å². The molecule has 1 unspecified atom stereocenters. The Bertz CT molecular complexity index is 520. The van der Waals surface area contributed by atoms with Crippen molar-refractivity contribution in [3.63, 3.8) is 0 Å². The standard InChI is InChI=1S/C17H25ClN2O/c1-3-17(2)12-20(7-4-6-19-17)11-14-10-15(18)9-13-5-8-21-16(13)14/h9-10,19H,3-8,11-12H2,1-2H3. The summed E-state index contributed by atoms with van der Waals surface area (Å²) in [5.41, 5.74) is 2.72. The third-order valence-electron chi connectivity index (χ3n) is 4.78. The Hall–Kier alpha value is -0.770. The van der Waals surface area contributed by atoms with E-state index in [2.05, 4.69) is 30.1 Å². The van der Waals surface area contributed by atoms with Crippen molar-refractivity contribution in [2.24, 2.45) is 0 Å². The van der Waals surface area contributed by atoms with E-state index in [0.717, 1.165) is 56.4 Å². The van der Waals surface area contributed by atoms with E-state index in [-0.39, 0.29) is 5.54 Å². The second kappa shape index (κ2) is 6.15. The van der Waals surface area contributed by atoms with Crippen LogP contribution in [0.5, 0.6) is 5.75 Å². The van der Waals surface area contributed by atoms with Crippen molar-refractivity contribution in [1.29, 1.82) is 0 Å². The maximum absolute atomic E-state index is 6.28. The van der Waals surface area contributed by atoms with Crippen molar-refractivity contribution in [1.82, 2.24) is 10.2 Å². The molecule has 21 heavy (non-hydrogen) atoms. The second-order valence-corrected chi connectivity index (χ2v) is 6.99. The van der Waals surface area contributed by atoms with Crippen LogP contribution >= 0.6 is 11.6 Å². The molecule has 4 heteroatoms.